The lowest BCUT2D eigenvalue weighted by molar-refractivity contribution is -0.146. The minimum atomic E-state index is -1.18. The zero-order chi connectivity index (χ0) is 23.9. The van der Waals surface area contributed by atoms with Gasteiger partial charge in [0, 0.05) is 26.6 Å². The van der Waals surface area contributed by atoms with Gasteiger partial charge in [0.15, 0.2) is 0 Å². The molecule has 0 radical (unpaired) electrons. The first-order valence-electron chi connectivity index (χ1n) is 10.9. The van der Waals surface area contributed by atoms with Crippen LogP contribution in [0.5, 0.6) is 0 Å². The number of carboxylic acids is 1. The van der Waals surface area contributed by atoms with E-state index >= 15 is 0 Å². The van der Waals surface area contributed by atoms with Crippen LogP contribution in [-0.4, -0.2) is 83.4 Å². The van der Waals surface area contributed by atoms with Gasteiger partial charge in [-0.15, -0.1) is 0 Å². The topological polar surface area (TPSA) is 119 Å². The first-order chi connectivity index (χ1) is 15.1. The number of hydrogen-bond acceptors (Lipinski definition) is 5. The van der Waals surface area contributed by atoms with E-state index in [2.05, 4.69) is 10.6 Å². The van der Waals surface area contributed by atoms with Crippen molar-refractivity contribution in [3.63, 3.8) is 0 Å². The molecule has 3 amide bonds. The molecule has 1 aliphatic heterocycles. The highest BCUT2D eigenvalue weighted by Crippen LogP contribution is 2.15. The van der Waals surface area contributed by atoms with Crippen LogP contribution in [0.2, 0.25) is 0 Å². The van der Waals surface area contributed by atoms with Gasteiger partial charge in [-0.2, -0.15) is 0 Å². The van der Waals surface area contributed by atoms with Gasteiger partial charge in [-0.1, -0.05) is 30.3 Å². The Morgan fingerprint density at radius 3 is 2.25 bits per heavy atom. The summed E-state index contributed by atoms with van der Waals surface area (Å²) in [6.07, 6.45) is 1.42. The summed E-state index contributed by atoms with van der Waals surface area (Å²) in [7, 11) is 3.21. The number of nitrogens with one attached hydrogen (secondary N) is 2. The van der Waals surface area contributed by atoms with E-state index in [1.807, 2.05) is 30.3 Å². The van der Waals surface area contributed by atoms with Gasteiger partial charge in [0.05, 0.1) is 12.0 Å². The quantitative estimate of drug-likeness (QED) is 0.485. The van der Waals surface area contributed by atoms with E-state index in [0.717, 1.165) is 18.4 Å². The fourth-order valence-corrected chi connectivity index (χ4v) is 3.73. The summed E-state index contributed by atoms with van der Waals surface area (Å²) < 4.78 is 0. The van der Waals surface area contributed by atoms with Gasteiger partial charge in [-0.25, -0.2) is 0 Å². The largest absolute Gasteiger partial charge is 0.481 e. The monoisotopic (exact) mass is 446 g/mol. The van der Waals surface area contributed by atoms with Gasteiger partial charge in [0.1, 0.15) is 12.1 Å². The zero-order valence-electron chi connectivity index (χ0n) is 19.3. The van der Waals surface area contributed by atoms with Crippen molar-refractivity contribution in [3.05, 3.63) is 35.9 Å². The fraction of sp³-hybridized carbons (Fsp3) is 0.565. The highest BCUT2D eigenvalue weighted by molar-refractivity contribution is 5.95. The highest BCUT2D eigenvalue weighted by Gasteiger charge is 2.37. The number of likely N-dealkylation sites (tertiary alicyclic amines) is 1. The van der Waals surface area contributed by atoms with Crippen LogP contribution in [0.3, 0.4) is 0 Å². The first-order valence-corrected chi connectivity index (χ1v) is 10.9. The molecule has 176 valence electrons. The third kappa shape index (κ3) is 6.53. The number of rotatable bonds is 10. The molecular weight excluding hydrogens is 412 g/mol. The molecule has 1 saturated heterocycles. The first kappa shape index (κ1) is 25.3. The maximum absolute atomic E-state index is 13.3. The van der Waals surface area contributed by atoms with E-state index in [0.29, 0.717) is 13.1 Å². The average molecular weight is 447 g/mol. The third-order valence-electron chi connectivity index (χ3n) is 5.93. The number of amides is 3. The Kier molecular flexibility index (Phi) is 8.77. The molecule has 0 bridgehead atoms. The average Bonchev–Trinajstić information content (AvgIpc) is 3.30. The number of likely N-dealkylation sites (N-methyl/N-ethyl adjacent to an activating group) is 2. The van der Waals surface area contributed by atoms with Crippen LogP contribution in [0.15, 0.2) is 30.3 Å². The van der Waals surface area contributed by atoms with Crippen LogP contribution in [0.1, 0.15) is 38.7 Å². The Morgan fingerprint density at radius 2 is 1.72 bits per heavy atom. The van der Waals surface area contributed by atoms with Crippen molar-refractivity contribution in [2.45, 2.75) is 57.2 Å². The van der Waals surface area contributed by atoms with Crippen LogP contribution < -0.4 is 10.6 Å². The fourth-order valence-electron chi connectivity index (χ4n) is 3.73. The van der Waals surface area contributed by atoms with E-state index < -0.39 is 41.8 Å². The third-order valence-corrected chi connectivity index (χ3v) is 5.93. The van der Waals surface area contributed by atoms with E-state index in [-0.39, 0.29) is 12.3 Å². The van der Waals surface area contributed by atoms with Crippen molar-refractivity contribution in [2.24, 2.45) is 0 Å². The highest BCUT2D eigenvalue weighted by atomic mass is 16.4. The molecule has 9 heteroatoms. The molecule has 0 spiro atoms. The molecule has 1 aromatic carbocycles. The lowest BCUT2D eigenvalue weighted by Crippen LogP contribution is -2.60. The Balaban J connectivity index is 2.28. The van der Waals surface area contributed by atoms with Gasteiger partial charge < -0.3 is 25.5 Å². The van der Waals surface area contributed by atoms with Gasteiger partial charge in [0.2, 0.25) is 17.7 Å². The van der Waals surface area contributed by atoms with Crippen LogP contribution in [0.25, 0.3) is 0 Å². The van der Waals surface area contributed by atoms with Gasteiger partial charge in [-0.3, -0.25) is 19.2 Å². The number of carboxylic acid groups (broad SMARTS) is 1. The Hall–Kier alpha value is -2.94. The van der Waals surface area contributed by atoms with E-state index in [1.54, 1.807) is 32.8 Å². The summed E-state index contributed by atoms with van der Waals surface area (Å²) in [5, 5.41) is 14.9. The molecule has 32 heavy (non-hydrogen) atoms. The molecule has 0 aromatic heterocycles. The zero-order valence-corrected chi connectivity index (χ0v) is 19.3. The van der Waals surface area contributed by atoms with E-state index in [4.69, 9.17) is 0 Å². The molecule has 1 fully saturated rings. The maximum atomic E-state index is 13.3. The van der Waals surface area contributed by atoms with Crippen molar-refractivity contribution >= 4 is 23.7 Å². The van der Waals surface area contributed by atoms with Gasteiger partial charge in [0.25, 0.3) is 0 Å². The molecule has 0 saturated carbocycles. The van der Waals surface area contributed by atoms with Crippen LogP contribution in [0, 0.1) is 0 Å². The Labute approximate surface area is 189 Å². The molecule has 9 nitrogen and oxygen atoms in total. The van der Waals surface area contributed by atoms with Crippen molar-refractivity contribution < 1.29 is 24.3 Å². The molecular formula is C23H34N4O5. The minimum Gasteiger partial charge on any atom is -0.481 e. The number of carbonyl (C=O) groups is 4. The maximum Gasteiger partial charge on any atom is 0.305 e. The summed E-state index contributed by atoms with van der Waals surface area (Å²) >= 11 is 0. The summed E-state index contributed by atoms with van der Waals surface area (Å²) in [5.41, 5.74) is -0.0641. The van der Waals surface area contributed by atoms with Crippen LogP contribution in [0.4, 0.5) is 0 Å². The van der Waals surface area contributed by atoms with E-state index in [9.17, 15) is 24.3 Å². The van der Waals surface area contributed by atoms with Crippen LogP contribution in [-0.2, 0) is 25.6 Å². The predicted octanol–water partition coefficient (Wildman–Crippen LogP) is 0.636. The number of nitrogens with zero attached hydrogens (tertiary/aromatic N) is 2. The molecule has 1 aliphatic rings. The predicted molar refractivity (Wildman–Crippen MR) is 120 cm³/mol. The second kappa shape index (κ2) is 11.1. The van der Waals surface area contributed by atoms with Crippen molar-refractivity contribution in [2.75, 3.05) is 27.2 Å². The normalized spacial score (nSPS) is 15.7. The number of aliphatic carboxylic acids is 1. The van der Waals surface area contributed by atoms with Crippen molar-refractivity contribution in [1.82, 2.24) is 20.4 Å². The Bertz CT molecular complexity index is 821. The van der Waals surface area contributed by atoms with Gasteiger partial charge in [-0.05, 0) is 39.3 Å². The van der Waals surface area contributed by atoms with Crippen molar-refractivity contribution in [3.8, 4) is 0 Å². The summed E-state index contributed by atoms with van der Waals surface area (Å²) in [6.45, 7) is 4.53. The molecule has 2 rings (SSSR count). The second-order valence-electron chi connectivity index (χ2n) is 8.69. The Morgan fingerprint density at radius 1 is 1.12 bits per heavy atom. The molecule has 0 unspecified atom stereocenters. The SMILES string of the molecule is CNC(C)(C)C(=O)N(C)[C@@H](Cc1ccccc1)C(=O)N[C@@H](CC(=O)O)C(=O)N1CCCC1. The van der Waals surface area contributed by atoms with Gasteiger partial charge >= 0.3 is 5.97 Å². The lowest BCUT2D eigenvalue weighted by atomic mass is 9.99. The minimum absolute atomic E-state index is 0.229. The van der Waals surface area contributed by atoms with E-state index in [1.165, 1.54) is 4.90 Å². The second-order valence-corrected chi connectivity index (χ2v) is 8.69. The molecule has 3 N–H and O–H groups in total. The smallest absolute Gasteiger partial charge is 0.305 e. The molecule has 1 aromatic rings. The summed E-state index contributed by atoms with van der Waals surface area (Å²) in [4.78, 5) is 53.6. The van der Waals surface area contributed by atoms with Crippen molar-refractivity contribution in [1.29, 1.82) is 0 Å². The summed E-state index contributed by atoms with van der Waals surface area (Å²) in [6, 6.07) is 7.14. The number of benzene rings is 1. The number of carbonyl (C=O) groups excluding carboxylic acids is 3. The molecule has 1 heterocycles. The lowest BCUT2D eigenvalue weighted by Gasteiger charge is -2.35. The molecule has 2 atom stereocenters. The number of hydrogen-bond donors (Lipinski definition) is 3. The standard InChI is InChI=1S/C23H34N4O5/c1-23(2,24-3)22(32)26(4)18(14-16-10-6-5-7-11-16)20(30)25-17(15-19(28)29)21(31)27-12-8-9-13-27/h5-7,10-11,17-18,24H,8-9,12-15H2,1-4H3,(H,25,30)(H,28,29)/t17-,18-/m0/s1. The molecule has 0 aliphatic carbocycles. The summed E-state index contributed by atoms with van der Waals surface area (Å²) in [5.74, 6) is -2.43. The van der Waals surface area contributed by atoms with Crippen LogP contribution >= 0.6 is 0 Å².